The SMILES string of the molecule is CCN(CC)C(=O)c1ccc(NC(=O)CSCCOc2cc(C)cc(C)c2)cc1. The third-order valence-electron chi connectivity index (χ3n) is 4.39. The average Bonchev–Trinajstić information content (AvgIpc) is 2.68. The lowest BCUT2D eigenvalue weighted by Crippen LogP contribution is -2.30. The molecule has 2 aromatic rings. The van der Waals surface area contributed by atoms with E-state index in [-0.39, 0.29) is 11.8 Å². The fourth-order valence-electron chi connectivity index (χ4n) is 2.99. The number of thioether (sulfide) groups is 1. The van der Waals surface area contributed by atoms with Gasteiger partial charge in [0.2, 0.25) is 5.91 Å². The van der Waals surface area contributed by atoms with Crippen LogP contribution in [0.15, 0.2) is 42.5 Å². The van der Waals surface area contributed by atoms with Crippen LogP contribution in [0, 0.1) is 13.8 Å². The number of amides is 2. The third-order valence-corrected chi connectivity index (χ3v) is 5.31. The summed E-state index contributed by atoms with van der Waals surface area (Å²) in [5.74, 6) is 1.90. The normalized spacial score (nSPS) is 10.5. The van der Waals surface area contributed by atoms with Gasteiger partial charge in [-0.2, -0.15) is 0 Å². The smallest absolute Gasteiger partial charge is 0.253 e. The third kappa shape index (κ3) is 7.46. The van der Waals surface area contributed by atoms with Gasteiger partial charge in [-0.25, -0.2) is 0 Å². The number of nitrogens with zero attached hydrogens (tertiary/aromatic N) is 1. The van der Waals surface area contributed by atoms with E-state index < -0.39 is 0 Å². The van der Waals surface area contributed by atoms with Crippen LogP contribution in [0.2, 0.25) is 0 Å². The number of benzene rings is 2. The highest BCUT2D eigenvalue weighted by Gasteiger charge is 2.12. The lowest BCUT2D eigenvalue weighted by Gasteiger charge is -2.18. The molecule has 0 radical (unpaired) electrons. The molecule has 2 rings (SSSR count). The number of anilines is 1. The minimum Gasteiger partial charge on any atom is -0.493 e. The number of rotatable bonds is 10. The minimum atomic E-state index is -0.0655. The maximum Gasteiger partial charge on any atom is 0.253 e. The van der Waals surface area contributed by atoms with Crippen molar-refractivity contribution in [3.05, 3.63) is 59.2 Å². The Kier molecular flexibility index (Phi) is 9.06. The minimum absolute atomic E-state index is 0.00670. The molecular weight excluding hydrogens is 384 g/mol. The number of carbonyl (C=O) groups is 2. The van der Waals surface area contributed by atoms with Crippen LogP contribution in [0.25, 0.3) is 0 Å². The summed E-state index contributed by atoms with van der Waals surface area (Å²) >= 11 is 1.53. The molecule has 2 aromatic carbocycles. The van der Waals surface area contributed by atoms with Crippen molar-refractivity contribution in [1.29, 1.82) is 0 Å². The highest BCUT2D eigenvalue weighted by atomic mass is 32.2. The summed E-state index contributed by atoms with van der Waals surface area (Å²) < 4.78 is 5.75. The van der Waals surface area contributed by atoms with Gasteiger partial charge >= 0.3 is 0 Å². The number of carbonyl (C=O) groups excluding carboxylic acids is 2. The van der Waals surface area contributed by atoms with E-state index >= 15 is 0 Å². The first-order chi connectivity index (χ1) is 13.9. The fraction of sp³-hybridized carbons (Fsp3) is 0.391. The molecule has 0 atom stereocenters. The van der Waals surface area contributed by atoms with Crippen molar-refractivity contribution in [2.75, 3.05) is 36.5 Å². The van der Waals surface area contributed by atoms with E-state index in [0.29, 0.717) is 36.7 Å². The lowest BCUT2D eigenvalue weighted by molar-refractivity contribution is -0.113. The molecule has 0 saturated carbocycles. The van der Waals surface area contributed by atoms with Gasteiger partial charge in [0.25, 0.3) is 5.91 Å². The van der Waals surface area contributed by atoms with Crippen LogP contribution in [0.3, 0.4) is 0 Å². The Morgan fingerprint density at radius 2 is 1.62 bits per heavy atom. The summed E-state index contributed by atoms with van der Waals surface area (Å²) in [5.41, 5.74) is 3.68. The second kappa shape index (κ2) is 11.5. The Balaban J connectivity index is 1.71. The molecule has 0 fully saturated rings. The van der Waals surface area contributed by atoms with E-state index in [4.69, 9.17) is 4.74 Å². The second-order valence-corrected chi connectivity index (χ2v) is 7.93. The zero-order chi connectivity index (χ0) is 21.2. The van der Waals surface area contributed by atoms with Crippen LogP contribution >= 0.6 is 11.8 Å². The molecule has 6 heteroatoms. The molecule has 0 aromatic heterocycles. The Morgan fingerprint density at radius 1 is 1.00 bits per heavy atom. The fourth-order valence-corrected chi connectivity index (χ4v) is 3.59. The molecule has 0 aliphatic carbocycles. The van der Waals surface area contributed by atoms with E-state index in [2.05, 4.69) is 11.4 Å². The monoisotopic (exact) mass is 414 g/mol. The summed E-state index contributed by atoms with van der Waals surface area (Å²) in [4.78, 5) is 26.2. The number of ether oxygens (including phenoxy) is 1. The van der Waals surface area contributed by atoms with Gasteiger partial charge in [0.05, 0.1) is 12.4 Å². The van der Waals surface area contributed by atoms with Crippen molar-refractivity contribution in [3.63, 3.8) is 0 Å². The maximum atomic E-state index is 12.3. The summed E-state index contributed by atoms with van der Waals surface area (Å²) in [5, 5.41) is 2.86. The van der Waals surface area contributed by atoms with Gasteiger partial charge in [0.1, 0.15) is 5.75 Å². The molecule has 2 amide bonds. The molecule has 0 spiro atoms. The number of nitrogens with one attached hydrogen (secondary N) is 1. The number of hydrogen-bond acceptors (Lipinski definition) is 4. The highest BCUT2D eigenvalue weighted by molar-refractivity contribution is 7.99. The van der Waals surface area contributed by atoms with Crippen molar-refractivity contribution in [3.8, 4) is 5.75 Å². The van der Waals surface area contributed by atoms with Gasteiger partial charge in [0, 0.05) is 30.1 Å². The summed E-state index contributed by atoms with van der Waals surface area (Å²) in [7, 11) is 0. The van der Waals surface area contributed by atoms with Gasteiger partial charge in [-0.1, -0.05) is 6.07 Å². The average molecular weight is 415 g/mol. The molecule has 0 heterocycles. The van der Waals surface area contributed by atoms with Crippen LogP contribution < -0.4 is 10.1 Å². The Morgan fingerprint density at radius 3 is 2.21 bits per heavy atom. The topological polar surface area (TPSA) is 58.6 Å². The Hall–Kier alpha value is -2.47. The van der Waals surface area contributed by atoms with Crippen molar-refractivity contribution in [2.45, 2.75) is 27.7 Å². The standard InChI is InChI=1S/C23H30N2O3S/c1-5-25(6-2)23(27)19-7-9-20(10-8-19)24-22(26)16-29-12-11-28-21-14-17(3)13-18(4)15-21/h7-10,13-15H,5-6,11-12,16H2,1-4H3,(H,24,26). The molecule has 29 heavy (non-hydrogen) atoms. The molecule has 0 unspecified atom stereocenters. The molecule has 156 valence electrons. The first kappa shape index (κ1) is 22.8. The van der Waals surface area contributed by atoms with Crippen LogP contribution in [-0.2, 0) is 4.79 Å². The van der Waals surface area contributed by atoms with E-state index in [1.807, 2.05) is 39.8 Å². The molecular formula is C23H30N2O3S. The van der Waals surface area contributed by atoms with E-state index in [1.54, 1.807) is 29.2 Å². The Labute approximate surface area is 177 Å². The first-order valence-electron chi connectivity index (χ1n) is 9.91. The highest BCUT2D eigenvalue weighted by Crippen LogP contribution is 2.17. The predicted octanol–water partition coefficient (Wildman–Crippen LogP) is 4.54. The van der Waals surface area contributed by atoms with Crippen LogP contribution in [0.1, 0.15) is 35.3 Å². The molecule has 1 N–H and O–H groups in total. The van der Waals surface area contributed by atoms with Crippen molar-refractivity contribution in [2.24, 2.45) is 0 Å². The van der Waals surface area contributed by atoms with E-state index in [1.165, 1.54) is 22.9 Å². The molecule has 0 aliphatic rings. The van der Waals surface area contributed by atoms with E-state index in [9.17, 15) is 9.59 Å². The predicted molar refractivity (Wildman–Crippen MR) is 121 cm³/mol. The van der Waals surface area contributed by atoms with Crippen LogP contribution in [0.5, 0.6) is 5.75 Å². The maximum absolute atomic E-state index is 12.3. The van der Waals surface area contributed by atoms with Gasteiger partial charge < -0.3 is 15.0 Å². The lowest BCUT2D eigenvalue weighted by atomic mass is 10.1. The van der Waals surface area contributed by atoms with Gasteiger partial charge in [-0.15, -0.1) is 11.8 Å². The number of aryl methyl sites for hydroxylation is 2. The quantitative estimate of drug-likeness (QED) is 0.580. The first-order valence-corrected chi connectivity index (χ1v) is 11.1. The zero-order valence-electron chi connectivity index (χ0n) is 17.7. The van der Waals surface area contributed by atoms with Gasteiger partial charge in [0.15, 0.2) is 0 Å². The second-order valence-electron chi connectivity index (χ2n) is 6.83. The molecule has 0 bridgehead atoms. The molecule has 0 aliphatic heterocycles. The number of hydrogen-bond donors (Lipinski definition) is 1. The van der Waals surface area contributed by atoms with E-state index in [0.717, 1.165) is 11.5 Å². The molecule has 0 saturated heterocycles. The van der Waals surface area contributed by atoms with Crippen molar-refractivity contribution in [1.82, 2.24) is 4.90 Å². The summed E-state index contributed by atoms with van der Waals surface area (Å²) in [6, 6.07) is 13.2. The molecule has 5 nitrogen and oxygen atoms in total. The summed E-state index contributed by atoms with van der Waals surface area (Å²) in [6.07, 6.45) is 0. The zero-order valence-corrected chi connectivity index (χ0v) is 18.5. The van der Waals surface area contributed by atoms with Gasteiger partial charge in [-0.05, 0) is 75.2 Å². The van der Waals surface area contributed by atoms with Crippen LogP contribution in [0.4, 0.5) is 5.69 Å². The Bertz CT molecular complexity index is 797. The largest absolute Gasteiger partial charge is 0.493 e. The van der Waals surface area contributed by atoms with Crippen molar-refractivity contribution < 1.29 is 14.3 Å². The van der Waals surface area contributed by atoms with Gasteiger partial charge in [-0.3, -0.25) is 9.59 Å². The van der Waals surface area contributed by atoms with Crippen molar-refractivity contribution >= 4 is 29.3 Å². The summed E-state index contributed by atoms with van der Waals surface area (Å²) in [6.45, 7) is 9.93. The van der Waals surface area contributed by atoms with Crippen LogP contribution in [-0.4, -0.2) is 47.9 Å².